The summed E-state index contributed by atoms with van der Waals surface area (Å²) < 4.78 is 0. The van der Waals surface area contributed by atoms with Crippen molar-refractivity contribution in [2.45, 2.75) is 6.42 Å². The van der Waals surface area contributed by atoms with Crippen LogP contribution in [0.4, 0.5) is 0 Å². The second kappa shape index (κ2) is 4.47. The summed E-state index contributed by atoms with van der Waals surface area (Å²) in [7, 11) is 0. The van der Waals surface area contributed by atoms with Crippen molar-refractivity contribution in [2.24, 2.45) is 0 Å². The maximum Gasteiger partial charge on any atom is 0.152 e. The summed E-state index contributed by atoms with van der Waals surface area (Å²) in [5.74, 6) is 5.38. The third-order valence-corrected chi connectivity index (χ3v) is 1.99. The van der Waals surface area contributed by atoms with E-state index in [2.05, 4.69) is 11.8 Å². The summed E-state index contributed by atoms with van der Waals surface area (Å²) in [5, 5.41) is 3.53. The summed E-state index contributed by atoms with van der Waals surface area (Å²) in [4.78, 5) is 20.3. The van der Waals surface area contributed by atoms with Gasteiger partial charge in [0.2, 0.25) is 0 Å². The molecule has 60 valence electrons. The molecule has 2 nitrogen and oxygen atoms in total. The lowest BCUT2D eigenvalue weighted by atomic mass is 10.2. The third-order valence-electron chi connectivity index (χ3n) is 1.23. The second-order valence-electron chi connectivity index (χ2n) is 2.03. The van der Waals surface area contributed by atoms with Crippen molar-refractivity contribution in [1.29, 1.82) is 0 Å². The Bertz CT molecular complexity index is 341. The minimum absolute atomic E-state index is 0.216. The fourth-order valence-electron chi connectivity index (χ4n) is 0.688. The molecule has 0 aliphatic heterocycles. The monoisotopic (exact) mass is 178 g/mol. The molecule has 1 aromatic heterocycles. The van der Waals surface area contributed by atoms with Crippen molar-refractivity contribution in [3.63, 3.8) is 0 Å². The van der Waals surface area contributed by atoms with E-state index in [1.165, 1.54) is 11.3 Å². The molecular weight excluding hydrogens is 172 g/mol. The van der Waals surface area contributed by atoms with E-state index >= 15 is 0 Å². The first-order valence-electron chi connectivity index (χ1n) is 3.32. The van der Waals surface area contributed by atoms with E-state index in [1.54, 1.807) is 10.8 Å². The average Bonchev–Trinajstić information content (AvgIpc) is 2.52. The number of hydrogen-bond donors (Lipinski definition) is 0. The second-order valence-corrected chi connectivity index (χ2v) is 2.77. The maximum atomic E-state index is 10.4. The number of aldehydes is 2. The molecule has 0 N–H and O–H groups in total. The largest absolute Gasteiger partial charge is 0.302 e. The first-order chi connectivity index (χ1) is 5.88. The molecule has 3 heteroatoms. The molecule has 0 amide bonds. The molecule has 0 saturated carbocycles. The SMILES string of the molecule is O=CCC#Cc1cscc1C=O. The molecule has 1 heterocycles. The summed E-state index contributed by atoms with van der Waals surface area (Å²) in [6.45, 7) is 0. The fourth-order valence-corrected chi connectivity index (χ4v) is 1.42. The van der Waals surface area contributed by atoms with Gasteiger partial charge in [-0.1, -0.05) is 11.8 Å². The smallest absolute Gasteiger partial charge is 0.152 e. The van der Waals surface area contributed by atoms with Crippen molar-refractivity contribution in [3.8, 4) is 11.8 Å². The van der Waals surface area contributed by atoms with Crippen molar-refractivity contribution < 1.29 is 9.59 Å². The quantitative estimate of drug-likeness (QED) is 0.508. The van der Waals surface area contributed by atoms with Crippen LogP contribution in [0.1, 0.15) is 22.3 Å². The van der Waals surface area contributed by atoms with E-state index in [1.807, 2.05) is 0 Å². The van der Waals surface area contributed by atoms with E-state index < -0.39 is 0 Å². The third kappa shape index (κ3) is 2.04. The summed E-state index contributed by atoms with van der Waals surface area (Å²) in [5.41, 5.74) is 1.30. The van der Waals surface area contributed by atoms with Crippen molar-refractivity contribution in [1.82, 2.24) is 0 Å². The number of carbonyl (C=O) groups excluding carboxylic acids is 2. The van der Waals surface area contributed by atoms with Crippen LogP contribution in [0.25, 0.3) is 0 Å². The van der Waals surface area contributed by atoms with Crippen LogP contribution in [0.3, 0.4) is 0 Å². The Morgan fingerprint density at radius 3 is 2.92 bits per heavy atom. The molecule has 0 unspecified atom stereocenters. The first-order valence-corrected chi connectivity index (χ1v) is 4.26. The summed E-state index contributed by atoms with van der Waals surface area (Å²) in [6, 6.07) is 0. The summed E-state index contributed by atoms with van der Waals surface area (Å²) in [6.07, 6.45) is 1.72. The van der Waals surface area contributed by atoms with Crippen LogP contribution in [-0.2, 0) is 4.79 Å². The molecule has 0 spiro atoms. The number of rotatable bonds is 2. The lowest BCUT2D eigenvalue weighted by Gasteiger charge is -1.81. The van der Waals surface area contributed by atoms with Gasteiger partial charge >= 0.3 is 0 Å². The fraction of sp³-hybridized carbons (Fsp3) is 0.111. The molecule has 0 aliphatic rings. The normalized spacial score (nSPS) is 8.33. The van der Waals surface area contributed by atoms with Gasteiger partial charge in [0.15, 0.2) is 6.29 Å². The van der Waals surface area contributed by atoms with Gasteiger partial charge in [-0.05, 0) is 0 Å². The van der Waals surface area contributed by atoms with Gasteiger partial charge in [-0.25, -0.2) is 0 Å². The van der Waals surface area contributed by atoms with Crippen LogP contribution in [-0.4, -0.2) is 12.6 Å². The van der Waals surface area contributed by atoms with Gasteiger partial charge in [-0.15, -0.1) is 0 Å². The number of carbonyl (C=O) groups is 2. The first kappa shape index (κ1) is 8.69. The van der Waals surface area contributed by atoms with Crippen molar-refractivity contribution >= 4 is 23.9 Å². The Labute approximate surface area is 74.2 Å². The van der Waals surface area contributed by atoms with Gasteiger partial charge in [0.05, 0.1) is 6.42 Å². The van der Waals surface area contributed by atoms with E-state index in [0.717, 1.165) is 12.6 Å². The van der Waals surface area contributed by atoms with Crippen LogP contribution in [0.15, 0.2) is 10.8 Å². The average molecular weight is 178 g/mol. The Kier molecular flexibility index (Phi) is 3.24. The zero-order valence-electron chi connectivity index (χ0n) is 6.24. The van der Waals surface area contributed by atoms with Crippen LogP contribution >= 0.6 is 11.3 Å². The topological polar surface area (TPSA) is 34.1 Å². The minimum atomic E-state index is 0.216. The predicted molar refractivity (Wildman–Crippen MR) is 47.3 cm³/mol. The van der Waals surface area contributed by atoms with E-state index in [4.69, 9.17) is 0 Å². The van der Waals surface area contributed by atoms with Gasteiger partial charge in [0.1, 0.15) is 6.29 Å². The van der Waals surface area contributed by atoms with Gasteiger partial charge in [-0.2, -0.15) is 11.3 Å². The molecule has 0 atom stereocenters. The molecule has 0 saturated heterocycles. The van der Waals surface area contributed by atoms with E-state index in [9.17, 15) is 9.59 Å². The highest BCUT2D eigenvalue weighted by Crippen LogP contribution is 2.10. The lowest BCUT2D eigenvalue weighted by molar-refractivity contribution is -0.107. The molecule has 0 aromatic carbocycles. The lowest BCUT2D eigenvalue weighted by Crippen LogP contribution is -1.78. The maximum absolute atomic E-state index is 10.4. The Hall–Kier alpha value is -1.40. The van der Waals surface area contributed by atoms with Gasteiger partial charge in [-0.3, -0.25) is 4.79 Å². The van der Waals surface area contributed by atoms with E-state index in [0.29, 0.717) is 11.1 Å². The highest BCUT2D eigenvalue weighted by Gasteiger charge is 1.97. The molecule has 12 heavy (non-hydrogen) atoms. The standard InChI is InChI=1S/C9H6O2S/c10-4-2-1-3-8-6-12-7-9(8)5-11/h4-7H,2H2. The molecule has 0 radical (unpaired) electrons. The Balaban J connectivity index is 2.82. The van der Waals surface area contributed by atoms with Gasteiger partial charge in [0.25, 0.3) is 0 Å². The molecular formula is C9H6O2S. The van der Waals surface area contributed by atoms with Crippen LogP contribution in [0.2, 0.25) is 0 Å². The molecule has 0 fully saturated rings. The van der Waals surface area contributed by atoms with Gasteiger partial charge < -0.3 is 4.79 Å². The highest BCUT2D eigenvalue weighted by atomic mass is 32.1. The van der Waals surface area contributed by atoms with E-state index in [-0.39, 0.29) is 6.42 Å². The molecule has 1 aromatic rings. The van der Waals surface area contributed by atoms with Crippen LogP contribution in [0, 0.1) is 11.8 Å². The van der Waals surface area contributed by atoms with Crippen LogP contribution in [0.5, 0.6) is 0 Å². The molecule has 0 bridgehead atoms. The van der Waals surface area contributed by atoms with Crippen LogP contribution < -0.4 is 0 Å². The zero-order valence-corrected chi connectivity index (χ0v) is 7.06. The van der Waals surface area contributed by atoms with Gasteiger partial charge in [0, 0.05) is 21.9 Å². The Morgan fingerprint density at radius 1 is 1.42 bits per heavy atom. The zero-order chi connectivity index (χ0) is 8.81. The Morgan fingerprint density at radius 2 is 2.25 bits per heavy atom. The summed E-state index contributed by atoms with van der Waals surface area (Å²) >= 11 is 1.43. The van der Waals surface area contributed by atoms with Crippen molar-refractivity contribution in [2.75, 3.05) is 0 Å². The minimum Gasteiger partial charge on any atom is -0.302 e. The highest BCUT2D eigenvalue weighted by molar-refractivity contribution is 7.08. The molecule has 0 aliphatic carbocycles. The molecule has 1 rings (SSSR count). The number of thiophene rings is 1. The number of hydrogen-bond acceptors (Lipinski definition) is 3. The predicted octanol–water partition coefficient (Wildman–Crippen LogP) is 1.50. The van der Waals surface area contributed by atoms with Crippen molar-refractivity contribution in [3.05, 3.63) is 21.9 Å².